The number of ether oxygens (including phenoxy) is 6. The van der Waals surface area contributed by atoms with E-state index in [-0.39, 0.29) is 61.0 Å². The van der Waals surface area contributed by atoms with Crippen molar-refractivity contribution in [2.75, 3.05) is 46.4 Å². The Morgan fingerprint density at radius 1 is 0.933 bits per heavy atom. The van der Waals surface area contributed by atoms with Gasteiger partial charge in [-0.15, -0.1) is 0 Å². The summed E-state index contributed by atoms with van der Waals surface area (Å²) in [5, 5.41) is 14.6. The Morgan fingerprint density at radius 2 is 1.62 bits per heavy atom. The molecule has 2 saturated heterocycles. The fraction of sp³-hybridized carbons (Fsp3) is 0.524. The van der Waals surface area contributed by atoms with Crippen LogP contribution in [0.15, 0.2) is 83.8 Å². The van der Waals surface area contributed by atoms with E-state index in [1.807, 2.05) is 13.8 Å². The molecular formula is C42H57N2O14PS. The van der Waals surface area contributed by atoms with Gasteiger partial charge in [0.1, 0.15) is 23.4 Å². The van der Waals surface area contributed by atoms with Crippen LogP contribution >= 0.6 is 7.60 Å². The third-order valence-corrected chi connectivity index (χ3v) is 13.2. The minimum absolute atomic E-state index is 0.0231. The number of nitrogens with zero attached hydrogens (tertiary/aromatic N) is 1. The predicted molar refractivity (Wildman–Crippen MR) is 220 cm³/mol. The van der Waals surface area contributed by atoms with Crippen LogP contribution in [0.5, 0.6) is 17.2 Å². The second kappa shape index (κ2) is 21.5. The summed E-state index contributed by atoms with van der Waals surface area (Å²) in [6, 6.07) is 19.9. The van der Waals surface area contributed by atoms with Crippen molar-refractivity contribution in [2.45, 2.75) is 83.0 Å². The van der Waals surface area contributed by atoms with E-state index in [2.05, 4.69) is 5.32 Å². The van der Waals surface area contributed by atoms with Crippen molar-refractivity contribution in [3.8, 4) is 17.2 Å². The lowest BCUT2D eigenvalue weighted by atomic mass is 10.0. The van der Waals surface area contributed by atoms with Crippen molar-refractivity contribution in [3.63, 3.8) is 0 Å². The van der Waals surface area contributed by atoms with Crippen molar-refractivity contribution >= 4 is 29.7 Å². The van der Waals surface area contributed by atoms with Crippen molar-refractivity contribution in [2.24, 2.45) is 17.8 Å². The van der Waals surface area contributed by atoms with Crippen LogP contribution in [0, 0.1) is 17.8 Å². The van der Waals surface area contributed by atoms with Crippen LogP contribution < -0.4 is 19.3 Å². The van der Waals surface area contributed by atoms with Crippen molar-refractivity contribution in [3.05, 3.63) is 84.4 Å². The van der Waals surface area contributed by atoms with Gasteiger partial charge in [0.2, 0.25) is 16.4 Å². The van der Waals surface area contributed by atoms with Gasteiger partial charge in [-0.2, -0.15) is 4.31 Å². The molecule has 2 N–H and O–H groups in total. The van der Waals surface area contributed by atoms with Gasteiger partial charge in [0.25, 0.3) is 0 Å². The van der Waals surface area contributed by atoms with Crippen LogP contribution in [-0.2, 0) is 49.3 Å². The van der Waals surface area contributed by atoms with Crippen LogP contribution in [0.3, 0.4) is 0 Å². The molecule has 18 heteroatoms. The highest BCUT2D eigenvalue weighted by Gasteiger charge is 2.44. The molecular weight excluding hydrogens is 820 g/mol. The number of fused-ring (bicyclic) bond motifs is 1. The first-order valence-corrected chi connectivity index (χ1v) is 23.2. The Hall–Kier alpha value is -4.22. The molecule has 3 aromatic carbocycles. The number of esters is 1. The van der Waals surface area contributed by atoms with Crippen molar-refractivity contribution in [1.29, 1.82) is 0 Å². The molecule has 1 amide bonds. The quantitative estimate of drug-likeness (QED) is 0.0880. The second-order valence-corrected chi connectivity index (χ2v) is 19.1. The number of hydrogen-bond donors (Lipinski definition) is 2. The molecule has 0 spiro atoms. The Labute approximate surface area is 352 Å². The number of aliphatic hydroxyl groups excluding tert-OH is 1. The number of benzene rings is 3. The first-order valence-electron chi connectivity index (χ1n) is 20.0. The van der Waals surface area contributed by atoms with Crippen molar-refractivity contribution in [1.82, 2.24) is 9.62 Å². The third kappa shape index (κ3) is 12.9. The zero-order valence-electron chi connectivity index (χ0n) is 34.8. The minimum atomic E-state index is -4.14. The van der Waals surface area contributed by atoms with E-state index in [9.17, 15) is 27.7 Å². The summed E-state index contributed by atoms with van der Waals surface area (Å²) in [6.45, 7) is 9.37. The summed E-state index contributed by atoms with van der Waals surface area (Å²) >= 11 is 0. The standard InChI is InChI=1S/C42H57N2O14PS/c1-7-52-40(46)39(29(4)5)58-59(48,57-33-11-9-8-10-12-33)27-55-32-15-13-30(14-16-32)23-36(43-42(47)56-38-26-54-41-35(38)21-22-53-41)37(45)25-44(24-28(2)3)60(49,50)34-19-17-31(51-6)18-20-34/h8-20,28-29,35-39,41,45H,7,21-27H2,1-6H3,(H,43,47)/t35-,36-,37+,38-,39-,41+,59?/m0/s1. The SMILES string of the molecule is CCOC(=O)[C@@H](OP(=O)(COc1ccc(C[C@H](NC(=O)O[C@H]2CO[C@H]3OCC[C@H]32)[C@H](O)CN(CC(C)C)S(=O)(=O)c2ccc(OC)cc2)cc1)Oc1ccccc1)C(C)C. The van der Waals surface area contributed by atoms with E-state index in [1.54, 1.807) is 87.5 Å². The molecule has 0 aliphatic carbocycles. The maximum absolute atomic E-state index is 14.2. The topological polar surface area (TPSA) is 195 Å². The van der Waals surface area contributed by atoms with Gasteiger partial charge < -0.3 is 43.4 Å². The maximum Gasteiger partial charge on any atom is 0.417 e. The fourth-order valence-electron chi connectivity index (χ4n) is 6.75. The van der Waals surface area contributed by atoms with E-state index in [0.29, 0.717) is 24.3 Å². The molecule has 2 fully saturated rings. The lowest BCUT2D eigenvalue weighted by Crippen LogP contribution is -2.51. The number of sulfonamides is 1. The number of methoxy groups -OCH3 is 1. The number of rotatable bonds is 22. The molecule has 2 aliphatic heterocycles. The predicted octanol–water partition coefficient (Wildman–Crippen LogP) is 6.01. The highest BCUT2D eigenvalue weighted by Crippen LogP contribution is 2.50. The maximum atomic E-state index is 14.2. The zero-order valence-corrected chi connectivity index (χ0v) is 36.5. The molecule has 0 saturated carbocycles. The van der Waals surface area contributed by atoms with Gasteiger partial charge in [0.05, 0.1) is 49.9 Å². The zero-order chi connectivity index (χ0) is 43.5. The van der Waals surface area contributed by atoms with E-state index in [0.717, 1.165) is 0 Å². The number of carbonyl (C=O) groups excluding carboxylic acids is 2. The number of carbonyl (C=O) groups is 2. The molecule has 16 nitrogen and oxygen atoms in total. The normalized spacial score (nSPS) is 20.2. The first-order chi connectivity index (χ1) is 28.6. The Kier molecular flexibility index (Phi) is 16.8. The average Bonchev–Trinajstić information content (AvgIpc) is 3.84. The number of aliphatic hydroxyl groups is 1. The molecule has 2 heterocycles. The summed E-state index contributed by atoms with van der Waals surface area (Å²) in [4.78, 5) is 26.2. The van der Waals surface area contributed by atoms with E-state index >= 15 is 0 Å². The highest BCUT2D eigenvalue weighted by atomic mass is 32.2. The summed E-state index contributed by atoms with van der Waals surface area (Å²) < 4.78 is 88.1. The Morgan fingerprint density at radius 3 is 2.25 bits per heavy atom. The van der Waals surface area contributed by atoms with Gasteiger partial charge in [-0.05, 0) is 85.7 Å². The summed E-state index contributed by atoms with van der Waals surface area (Å²) in [5.74, 6) is -0.274. The van der Waals surface area contributed by atoms with Gasteiger partial charge in [0.15, 0.2) is 12.4 Å². The van der Waals surface area contributed by atoms with Crippen LogP contribution in [0.1, 0.15) is 46.6 Å². The lowest BCUT2D eigenvalue weighted by Gasteiger charge is -2.31. The summed E-state index contributed by atoms with van der Waals surface area (Å²) in [5.41, 5.74) is 0.635. The summed E-state index contributed by atoms with van der Waals surface area (Å²) in [7, 11) is -6.74. The molecule has 0 bridgehead atoms. The largest absolute Gasteiger partial charge is 0.497 e. The molecule has 0 aromatic heterocycles. The molecule has 1 unspecified atom stereocenters. The Bertz CT molecular complexity index is 1990. The molecule has 3 aromatic rings. The van der Waals surface area contributed by atoms with Gasteiger partial charge >= 0.3 is 19.7 Å². The molecule has 2 aliphatic rings. The Balaban J connectivity index is 1.34. The van der Waals surface area contributed by atoms with E-state index < -0.39 is 72.6 Å². The van der Waals surface area contributed by atoms with Crippen LogP contribution in [0.2, 0.25) is 0 Å². The van der Waals surface area contributed by atoms with Crippen LogP contribution in [-0.4, -0.2) is 107 Å². The number of para-hydroxylation sites is 1. The lowest BCUT2D eigenvalue weighted by molar-refractivity contribution is -0.153. The molecule has 7 atom stereocenters. The smallest absolute Gasteiger partial charge is 0.417 e. The molecule has 5 rings (SSSR count). The van der Waals surface area contributed by atoms with Gasteiger partial charge in [0, 0.05) is 13.1 Å². The van der Waals surface area contributed by atoms with Gasteiger partial charge in [-0.3, -0.25) is 4.52 Å². The molecule has 0 radical (unpaired) electrons. The fourth-order valence-corrected chi connectivity index (χ4v) is 9.95. The second-order valence-electron chi connectivity index (χ2n) is 15.3. The molecule has 330 valence electrons. The van der Waals surface area contributed by atoms with Crippen LogP contribution in [0.4, 0.5) is 4.79 Å². The van der Waals surface area contributed by atoms with Crippen LogP contribution in [0.25, 0.3) is 0 Å². The highest BCUT2D eigenvalue weighted by molar-refractivity contribution is 7.89. The van der Waals surface area contributed by atoms with Crippen molar-refractivity contribution < 1.29 is 65.1 Å². The minimum Gasteiger partial charge on any atom is -0.497 e. The molecule has 60 heavy (non-hydrogen) atoms. The number of hydrogen-bond acceptors (Lipinski definition) is 14. The van der Waals surface area contributed by atoms with Gasteiger partial charge in [-0.25, -0.2) is 22.6 Å². The number of amides is 1. The number of alkyl carbamates (subject to hydrolysis) is 1. The average molecular weight is 877 g/mol. The van der Waals surface area contributed by atoms with Gasteiger partial charge in [-0.1, -0.05) is 58.0 Å². The first kappa shape index (κ1) is 46.8. The summed E-state index contributed by atoms with van der Waals surface area (Å²) in [6.07, 6.45) is -4.22. The number of nitrogens with one attached hydrogen (secondary N) is 1. The van der Waals surface area contributed by atoms with E-state index in [1.165, 1.54) is 23.5 Å². The monoisotopic (exact) mass is 876 g/mol. The third-order valence-electron chi connectivity index (χ3n) is 9.82. The van der Waals surface area contributed by atoms with E-state index in [4.69, 9.17) is 37.5 Å².